The zero-order chi connectivity index (χ0) is 19.5. The van der Waals surface area contributed by atoms with E-state index < -0.39 is 5.82 Å². The van der Waals surface area contributed by atoms with Crippen LogP contribution in [-0.4, -0.2) is 26.6 Å². The van der Waals surface area contributed by atoms with Gasteiger partial charge in [-0.05, 0) is 29.8 Å². The molecule has 0 radical (unpaired) electrons. The Kier molecular flexibility index (Phi) is 5.03. The summed E-state index contributed by atoms with van der Waals surface area (Å²) in [6, 6.07) is 12.2. The topological polar surface area (TPSA) is 70.7 Å². The van der Waals surface area contributed by atoms with E-state index in [2.05, 4.69) is 20.3 Å². The van der Waals surface area contributed by atoms with Gasteiger partial charge in [0, 0.05) is 11.8 Å². The molecule has 0 aliphatic rings. The van der Waals surface area contributed by atoms with Crippen LogP contribution in [0.15, 0.2) is 66.1 Å². The molecule has 2 aromatic carbocycles. The number of nitrogens with zero attached hydrogens (tertiary/aromatic N) is 2. The molecule has 0 aliphatic carbocycles. The molecule has 5 nitrogen and oxygen atoms in total. The van der Waals surface area contributed by atoms with Gasteiger partial charge in [0.15, 0.2) is 0 Å². The summed E-state index contributed by atoms with van der Waals surface area (Å²) < 4.78 is 27.2. The minimum atomic E-state index is -0.491. The number of carbonyl (C=O) groups excluding carboxylic acids is 1. The Balaban J connectivity index is 1.53. The highest BCUT2D eigenvalue weighted by molar-refractivity contribution is 8.00. The molecule has 2 N–H and O–H groups in total. The van der Waals surface area contributed by atoms with E-state index in [1.165, 1.54) is 42.4 Å². The van der Waals surface area contributed by atoms with Crippen molar-refractivity contribution in [2.75, 3.05) is 11.1 Å². The van der Waals surface area contributed by atoms with E-state index in [0.717, 1.165) is 5.56 Å². The van der Waals surface area contributed by atoms with Gasteiger partial charge in [0.05, 0.1) is 17.0 Å². The summed E-state index contributed by atoms with van der Waals surface area (Å²) in [5.41, 5.74) is 2.87. The first-order valence-electron chi connectivity index (χ1n) is 8.37. The number of para-hydroxylation sites is 1. The fraction of sp³-hybridized carbons (Fsp3) is 0.0500. The van der Waals surface area contributed by atoms with Crippen LogP contribution in [0.3, 0.4) is 0 Å². The lowest BCUT2D eigenvalue weighted by Crippen LogP contribution is -2.15. The lowest BCUT2D eigenvalue weighted by molar-refractivity contribution is -0.113. The van der Waals surface area contributed by atoms with Crippen LogP contribution in [0.4, 0.5) is 14.5 Å². The third kappa shape index (κ3) is 3.72. The SMILES string of the molecule is O=C(CSc1ncnc2c(-c3cccc(F)c3)c[nH]c12)Nc1ccccc1F. The van der Waals surface area contributed by atoms with Crippen molar-refractivity contribution in [1.29, 1.82) is 0 Å². The van der Waals surface area contributed by atoms with E-state index in [1.54, 1.807) is 30.5 Å². The smallest absolute Gasteiger partial charge is 0.234 e. The fourth-order valence-electron chi connectivity index (χ4n) is 2.78. The molecule has 4 rings (SSSR count). The van der Waals surface area contributed by atoms with E-state index in [9.17, 15) is 13.6 Å². The highest BCUT2D eigenvalue weighted by Crippen LogP contribution is 2.31. The standard InChI is InChI=1S/C20H14F2N4OS/c21-13-5-3-4-12(8-13)14-9-23-19-18(14)24-11-25-20(19)28-10-17(27)26-16-7-2-1-6-15(16)22/h1-9,11,23H,10H2,(H,26,27). The molecule has 1 amide bonds. The normalized spacial score (nSPS) is 10.9. The quantitative estimate of drug-likeness (QED) is 0.381. The minimum absolute atomic E-state index is 0.0504. The van der Waals surface area contributed by atoms with E-state index in [0.29, 0.717) is 21.6 Å². The van der Waals surface area contributed by atoms with Gasteiger partial charge in [-0.2, -0.15) is 0 Å². The van der Waals surface area contributed by atoms with Gasteiger partial charge >= 0.3 is 0 Å². The number of thioether (sulfide) groups is 1. The Morgan fingerprint density at radius 3 is 2.79 bits per heavy atom. The molecule has 0 aliphatic heterocycles. The maximum atomic E-state index is 13.6. The van der Waals surface area contributed by atoms with Gasteiger partial charge < -0.3 is 10.3 Å². The monoisotopic (exact) mass is 396 g/mol. The highest BCUT2D eigenvalue weighted by atomic mass is 32.2. The van der Waals surface area contributed by atoms with Crippen molar-refractivity contribution in [3.8, 4) is 11.1 Å². The molecule has 28 heavy (non-hydrogen) atoms. The van der Waals surface area contributed by atoms with Gasteiger partial charge in [-0.1, -0.05) is 36.0 Å². The van der Waals surface area contributed by atoms with Crippen LogP contribution in [-0.2, 0) is 4.79 Å². The molecule has 0 spiro atoms. The Hall–Kier alpha value is -3.26. The number of aromatic nitrogens is 3. The van der Waals surface area contributed by atoms with Crippen LogP contribution in [0, 0.1) is 11.6 Å². The van der Waals surface area contributed by atoms with E-state index >= 15 is 0 Å². The van der Waals surface area contributed by atoms with Gasteiger partial charge in [0.25, 0.3) is 0 Å². The summed E-state index contributed by atoms with van der Waals surface area (Å²) in [5.74, 6) is -1.12. The second-order valence-corrected chi connectivity index (χ2v) is 6.90. The van der Waals surface area contributed by atoms with Gasteiger partial charge in [0.2, 0.25) is 5.91 Å². The third-order valence-corrected chi connectivity index (χ3v) is 5.04. The fourth-order valence-corrected chi connectivity index (χ4v) is 3.55. The first kappa shape index (κ1) is 18.1. The number of nitrogens with one attached hydrogen (secondary N) is 2. The number of benzene rings is 2. The molecule has 0 unspecified atom stereocenters. The summed E-state index contributed by atoms with van der Waals surface area (Å²) in [4.78, 5) is 23.7. The second-order valence-electron chi connectivity index (χ2n) is 5.93. The Labute approximate surface area is 163 Å². The molecule has 0 saturated carbocycles. The number of aromatic amines is 1. The van der Waals surface area contributed by atoms with Crippen LogP contribution >= 0.6 is 11.8 Å². The average molecular weight is 396 g/mol. The summed E-state index contributed by atoms with van der Waals surface area (Å²) in [7, 11) is 0. The lowest BCUT2D eigenvalue weighted by Gasteiger charge is -2.06. The van der Waals surface area contributed by atoms with E-state index in [-0.39, 0.29) is 23.2 Å². The zero-order valence-corrected chi connectivity index (χ0v) is 15.3. The summed E-state index contributed by atoms with van der Waals surface area (Å²) in [5, 5.41) is 3.12. The number of rotatable bonds is 5. The van der Waals surface area contributed by atoms with Crippen molar-refractivity contribution >= 4 is 34.4 Å². The van der Waals surface area contributed by atoms with Gasteiger partial charge in [-0.15, -0.1) is 0 Å². The van der Waals surface area contributed by atoms with Gasteiger partial charge in [-0.3, -0.25) is 4.79 Å². The zero-order valence-electron chi connectivity index (χ0n) is 14.4. The molecule has 0 saturated heterocycles. The van der Waals surface area contributed by atoms with Crippen molar-refractivity contribution in [2.45, 2.75) is 5.03 Å². The van der Waals surface area contributed by atoms with E-state index in [4.69, 9.17) is 0 Å². The summed E-state index contributed by atoms with van der Waals surface area (Å²) in [6.07, 6.45) is 3.13. The minimum Gasteiger partial charge on any atom is -0.357 e. The predicted molar refractivity (Wildman–Crippen MR) is 105 cm³/mol. The Morgan fingerprint density at radius 1 is 1.11 bits per heavy atom. The Morgan fingerprint density at radius 2 is 1.96 bits per heavy atom. The molecule has 0 bridgehead atoms. The molecular weight excluding hydrogens is 382 g/mol. The van der Waals surface area contributed by atoms with Crippen LogP contribution in [0.1, 0.15) is 0 Å². The first-order valence-corrected chi connectivity index (χ1v) is 9.35. The largest absolute Gasteiger partial charge is 0.357 e. The Bertz CT molecular complexity index is 1160. The molecule has 8 heteroatoms. The number of amides is 1. The van der Waals surface area contributed by atoms with Crippen molar-refractivity contribution in [3.05, 3.63) is 72.7 Å². The second kappa shape index (κ2) is 7.77. The summed E-state index contributed by atoms with van der Waals surface area (Å²) >= 11 is 1.20. The van der Waals surface area contributed by atoms with Crippen LogP contribution < -0.4 is 5.32 Å². The molecule has 140 valence electrons. The van der Waals surface area contributed by atoms with Gasteiger partial charge in [0.1, 0.15) is 28.5 Å². The number of fused-ring (bicyclic) bond motifs is 1. The van der Waals surface area contributed by atoms with Crippen molar-refractivity contribution < 1.29 is 13.6 Å². The third-order valence-electron chi connectivity index (χ3n) is 4.05. The molecule has 0 atom stereocenters. The maximum Gasteiger partial charge on any atom is 0.234 e. The highest BCUT2D eigenvalue weighted by Gasteiger charge is 2.14. The molecule has 2 aromatic heterocycles. The van der Waals surface area contributed by atoms with Crippen LogP contribution in [0.5, 0.6) is 0 Å². The number of carbonyl (C=O) groups is 1. The van der Waals surface area contributed by atoms with Crippen molar-refractivity contribution in [2.24, 2.45) is 0 Å². The van der Waals surface area contributed by atoms with Crippen LogP contribution in [0.25, 0.3) is 22.2 Å². The van der Waals surface area contributed by atoms with E-state index in [1.807, 2.05) is 0 Å². The number of hydrogen-bond acceptors (Lipinski definition) is 4. The molecule has 0 fully saturated rings. The maximum absolute atomic E-state index is 13.6. The number of H-pyrrole nitrogens is 1. The molecule has 2 heterocycles. The summed E-state index contributed by atoms with van der Waals surface area (Å²) in [6.45, 7) is 0. The number of anilines is 1. The van der Waals surface area contributed by atoms with Crippen LogP contribution in [0.2, 0.25) is 0 Å². The van der Waals surface area contributed by atoms with Crippen molar-refractivity contribution in [3.63, 3.8) is 0 Å². The predicted octanol–water partition coefficient (Wildman–Crippen LogP) is 4.63. The molecular formula is C20H14F2N4OS. The van der Waals surface area contributed by atoms with Crippen molar-refractivity contribution in [1.82, 2.24) is 15.0 Å². The first-order chi connectivity index (χ1) is 13.6. The number of hydrogen-bond donors (Lipinski definition) is 2. The number of halogens is 2. The average Bonchev–Trinajstić information content (AvgIpc) is 3.13. The molecule has 4 aromatic rings. The van der Waals surface area contributed by atoms with Gasteiger partial charge in [-0.25, -0.2) is 18.7 Å². The lowest BCUT2D eigenvalue weighted by atomic mass is 10.1.